The maximum Gasteiger partial charge on any atom is 0.343 e. The number of esters is 1. The number of aryl methyl sites for hydroxylation is 1. The van der Waals surface area contributed by atoms with Crippen LogP contribution >= 0.6 is 0 Å². The summed E-state index contributed by atoms with van der Waals surface area (Å²) < 4.78 is 37.1. The molecule has 0 saturated carbocycles. The molecule has 0 unspecified atom stereocenters. The van der Waals surface area contributed by atoms with Gasteiger partial charge in [-0.15, -0.1) is 0 Å². The van der Waals surface area contributed by atoms with Crippen LogP contribution in [0.15, 0.2) is 53.4 Å². The SMILES string of the molecule is COc1ccc2ccc(OC(=O)c3cc(C)c(C)c(S(=O)(=O)N(C)C)c3)cc2c1. The number of hydrogen-bond donors (Lipinski definition) is 0. The fraction of sp³-hybridized carbons (Fsp3) is 0.227. The molecular weight excluding hydrogens is 390 g/mol. The lowest BCUT2D eigenvalue weighted by Gasteiger charge is -2.16. The molecule has 0 fully saturated rings. The molecule has 0 aliphatic rings. The summed E-state index contributed by atoms with van der Waals surface area (Å²) in [6, 6.07) is 13.9. The largest absolute Gasteiger partial charge is 0.497 e. The average Bonchev–Trinajstić information content (AvgIpc) is 2.68. The minimum absolute atomic E-state index is 0.0951. The summed E-state index contributed by atoms with van der Waals surface area (Å²) in [5.41, 5.74) is 1.48. The van der Waals surface area contributed by atoms with E-state index < -0.39 is 16.0 Å². The highest BCUT2D eigenvalue weighted by Gasteiger charge is 2.23. The Morgan fingerprint density at radius 1 is 0.897 bits per heavy atom. The third kappa shape index (κ3) is 4.11. The van der Waals surface area contributed by atoms with Crippen LogP contribution < -0.4 is 9.47 Å². The monoisotopic (exact) mass is 413 g/mol. The van der Waals surface area contributed by atoms with E-state index in [-0.39, 0.29) is 10.5 Å². The number of nitrogens with zero attached hydrogens (tertiary/aromatic N) is 1. The van der Waals surface area contributed by atoms with Crippen LogP contribution in [0.25, 0.3) is 10.8 Å². The number of methoxy groups -OCH3 is 1. The fourth-order valence-electron chi connectivity index (χ4n) is 2.97. The van der Waals surface area contributed by atoms with Crippen molar-refractivity contribution in [1.29, 1.82) is 0 Å². The molecule has 0 heterocycles. The molecule has 29 heavy (non-hydrogen) atoms. The highest BCUT2D eigenvalue weighted by atomic mass is 32.2. The van der Waals surface area contributed by atoms with E-state index in [4.69, 9.17) is 9.47 Å². The quantitative estimate of drug-likeness (QED) is 0.468. The molecule has 6 nitrogen and oxygen atoms in total. The number of hydrogen-bond acceptors (Lipinski definition) is 5. The van der Waals surface area contributed by atoms with Crippen LogP contribution in [-0.4, -0.2) is 39.9 Å². The van der Waals surface area contributed by atoms with Gasteiger partial charge in [0.1, 0.15) is 11.5 Å². The Morgan fingerprint density at radius 3 is 2.14 bits per heavy atom. The predicted molar refractivity (Wildman–Crippen MR) is 112 cm³/mol. The van der Waals surface area contributed by atoms with Crippen LogP contribution in [-0.2, 0) is 10.0 Å². The van der Waals surface area contributed by atoms with Gasteiger partial charge in [-0.05, 0) is 72.1 Å². The summed E-state index contributed by atoms with van der Waals surface area (Å²) in [5.74, 6) is 0.449. The average molecular weight is 413 g/mol. The van der Waals surface area contributed by atoms with E-state index in [0.29, 0.717) is 22.6 Å². The van der Waals surface area contributed by atoms with Gasteiger partial charge in [-0.2, -0.15) is 0 Å². The number of rotatable bonds is 5. The first-order valence-electron chi connectivity index (χ1n) is 8.97. The molecule has 3 rings (SSSR count). The topological polar surface area (TPSA) is 72.9 Å². The van der Waals surface area contributed by atoms with Crippen molar-refractivity contribution >= 4 is 26.8 Å². The molecule has 3 aromatic carbocycles. The van der Waals surface area contributed by atoms with Crippen molar-refractivity contribution in [3.05, 3.63) is 65.2 Å². The fourth-order valence-corrected chi connectivity index (χ4v) is 4.19. The third-order valence-electron chi connectivity index (χ3n) is 4.84. The van der Waals surface area contributed by atoms with Crippen molar-refractivity contribution in [2.45, 2.75) is 18.7 Å². The summed E-state index contributed by atoms with van der Waals surface area (Å²) in [4.78, 5) is 12.8. The maximum atomic E-state index is 12.7. The predicted octanol–water partition coefficient (Wildman–Crippen LogP) is 3.93. The molecule has 0 aliphatic carbocycles. The summed E-state index contributed by atoms with van der Waals surface area (Å²) in [6.07, 6.45) is 0. The minimum atomic E-state index is -3.68. The van der Waals surface area contributed by atoms with Gasteiger partial charge in [0.2, 0.25) is 10.0 Å². The number of fused-ring (bicyclic) bond motifs is 1. The van der Waals surface area contributed by atoms with Crippen LogP contribution in [0, 0.1) is 13.8 Å². The van der Waals surface area contributed by atoms with E-state index in [1.54, 1.807) is 39.2 Å². The first kappa shape index (κ1) is 20.8. The number of sulfonamides is 1. The Balaban J connectivity index is 1.97. The van der Waals surface area contributed by atoms with Crippen LogP contribution in [0.5, 0.6) is 11.5 Å². The molecule has 0 aromatic heterocycles. The maximum absolute atomic E-state index is 12.7. The molecule has 0 N–H and O–H groups in total. The van der Waals surface area contributed by atoms with Crippen molar-refractivity contribution in [1.82, 2.24) is 4.31 Å². The molecule has 0 bridgehead atoms. The normalized spacial score (nSPS) is 11.7. The molecule has 0 amide bonds. The first-order valence-corrected chi connectivity index (χ1v) is 10.4. The zero-order valence-corrected chi connectivity index (χ0v) is 17.8. The summed E-state index contributed by atoms with van der Waals surface area (Å²) in [6.45, 7) is 3.49. The standard InChI is InChI=1S/C22H23NO5S/c1-14-10-18(13-21(15(14)2)29(25,26)23(3)4)22(24)28-20-9-7-16-6-8-19(27-5)11-17(16)12-20/h6-13H,1-5H3. The molecule has 0 radical (unpaired) electrons. The number of benzene rings is 3. The van der Waals surface area contributed by atoms with Gasteiger partial charge in [-0.1, -0.05) is 12.1 Å². The van der Waals surface area contributed by atoms with Gasteiger partial charge >= 0.3 is 5.97 Å². The van der Waals surface area contributed by atoms with Crippen LogP contribution in [0.4, 0.5) is 0 Å². The Hall–Kier alpha value is -2.90. The Bertz CT molecular complexity index is 1200. The van der Waals surface area contributed by atoms with E-state index in [1.165, 1.54) is 20.2 Å². The number of ether oxygens (including phenoxy) is 2. The second kappa shape index (κ2) is 7.85. The lowest BCUT2D eigenvalue weighted by molar-refractivity contribution is 0.0734. The Morgan fingerprint density at radius 2 is 1.52 bits per heavy atom. The van der Waals surface area contributed by atoms with Crippen LogP contribution in [0.3, 0.4) is 0 Å². The molecule has 3 aromatic rings. The first-order chi connectivity index (χ1) is 13.6. The van der Waals surface area contributed by atoms with Crippen molar-refractivity contribution in [3.63, 3.8) is 0 Å². The second-order valence-electron chi connectivity index (χ2n) is 6.97. The number of carbonyl (C=O) groups is 1. The highest BCUT2D eigenvalue weighted by molar-refractivity contribution is 7.89. The van der Waals surface area contributed by atoms with Gasteiger partial charge in [0.25, 0.3) is 0 Å². The molecular formula is C22H23NO5S. The van der Waals surface area contributed by atoms with Crippen molar-refractivity contribution in [2.24, 2.45) is 0 Å². The van der Waals surface area contributed by atoms with Crippen LogP contribution in [0.1, 0.15) is 21.5 Å². The smallest absolute Gasteiger partial charge is 0.343 e. The van der Waals surface area contributed by atoms with E-state index >= 15 is 0 Å². The lowest BCUT2D eigenvalue weighted by atomic mass is 10.1. The van der Waals surface area contributed by atoms with Crippen LogP contribution in [0.2, 0.25) is 0 Å². The van der Waals surface area contributed by atoms with Gasteiger partial charge in [0.15, 0.2) is 0 Å². The minimum Gasteiger partial charge on any atom is -0.497 e. The van der Waals surface area contributed by atoms with Gasteiger partial charge in [0, 0.05) is 14.1 Å². The van der Waals surface area contributed by atoms with E-state index in [1.807, 2.05) is 24.3 Å². The summed E-state index contributed by atoms with van der Waals surface area (Å²) in [7, 11) is 0.817. The van der Waals surface area contributed by atoms with E-state index in [0.717, 1.165) is 15.1 Å². The Labute approximate surface area is 170 Å². The van der Waals surface area contributed by atoms with Crippen molar-refractivity contribution < 1.29 is 22.7 Å². The van der Waals surface area contributed by atoms with Gasteiger partial charge in [-0.3, -0.25) is 0 Å². The zero-order valence-electron chi connectivity index (χ0n) is 17.0. The highest BCUT2D eigenvalue weighted by Crippen LogP contribution is 2.27. The zero-order chi connectivity index (χ0) is 21.3. The molecule has 0 saturated heterocycles. The van der Waals surface area contributed by atoms with Gasteiger partial charge in [0.05, 0.1) is 17.6 Å². The van der Waals surface area contributed by atoms with E-state index in [9.17, 15) is 13.2 Å². The second-order valence-corrected chi connectivity index (χ2v) is 9.09. The van der Waals surface area contributed by atoms with E-state index in [2.05, 4.69) is 0 Å². The Kier molecular flexibility index (Phi) is 5.64. The lowest BCUT2D eigenvalue weighted by Crippen LogP contribution is -2.24. The number of carbonyl (C=O) groups excluding carboxylic acids is 1. The van der Waals surface area contributed by atoms with Crippen molar-refractivity contribution in [3.8, 4) is 11.5 Å². The van der Waals surface area contributed by atoms with Crippen molar-refractivity contribution in [2.75, 3.05) is 21.2 Å². The third-order valence-corrected chi connectivity index (χ3v) is 6.78. The molecule has 0 atom stereocenters. The molecule has 152 valence electrons. The van der Waals surface area contributed by atoms with Gasteiger partial charge < -0.3 is 9.47 Å². The molecule has 0 spiro atoms. The molecule has 0 aliphatic heterocycles. The summed E-state index contributed by atoms with van der Waals surface area (Å²) >= 11 is 0. The van der Waals surface area contributed by atoms with Gasteiger partial charge in [-0.25, -0.2) is 17.5 Å². The summed E-state index contributed by atoms with van der Waals surface area (Å²) in [5, 5.41) is 1.85. The molecule has 7 heteroatoms.